The van der Waals surface area contributed by atoms with Crippen molar-refractivity contribution in [1.29, 1.82) is 0 Å². The quantitative estimate of drug-likeness (QED) is 0.169. The molecule has 1 heteroatoms. The van der Waals surface area contributed by atoms with Gasteiger partial charge in [-0.25, -0.2) is 0 Å². The van der Waals surface area contributed by atoms with Crippen molar-refractivity contribution in [3.63, 3.8) is 0 Å². The first-order valence-electron chi connectivity index (χ1n) is 17.9. The Morgan fingerprint density at radius 2 is 1.18 bits per heavy atom. The highest BCUT2D eigenvalue weighted by molar-refractivity contribution is 6.28. The molecule has 242 valence electrons. The molecule has 0 radical (unpaired) electrons. The van der Waals surface area contributed by atoms with Crippen molar-refractivity contribution in [1.82, 2.24) is 0 Å². The van der Waals surface area contributed by atoms with E-state index in [1.165, 1.54) is 71.3 Å². The number of allylic oxidation sites excluding steroid dienone is 9. The van der Waals surface area contributed by atoms with Crippen LogP contribution >= 0.6 is 0 Å². The van der Waals surface area contributed by atoms with Gasteiger partial charge in [0.05, 0.1) is 0 Å². The highest BCUT2D eigenvalue weighted by atomic mass is 16.3. The molecule has 1 aromatic heterocycles. The minimum atomic E-state index is -0.280. The van der Waals surface area contributed by atoms with Gasteiger partial charge in [0.25, 0.3) is 0 Å². The molecule has 1 nitrogen and oxygen atoms in total. The summed E-state index contributed by atoms with van der Waals surface area (Å²) in [5, 5.41) is 9.75. The van der Waals surface area contributed by atoms with Crippen LogP contribution in [0.1, 0.15) is 31.4 Å². The van der Waals surface area contributed by atoms with Gasteiger partial charge in [-0.15, -0.1) is 0 Å². The molecule has 0 spiro atoms. The number of hydrogen-bond acceptors (Lipinski definition) is 1. The summed E-state index contributed by atoms with van der Waals surface area (Å²) < 4.78 is 7.00. The van der Waals surface area contributed by atoms with Crippen molar-refractivity contribution in [3.8, 4) is 22.3 Å². The molecule has 0 amide bonds. The molecule has 10 rings (SSSR count). The van der Waals surface area contributed by atoms with Crippen molar-refractivity contribution >= 4 is 59.8 Å². The first-order valence-corrected chi connectivity index (χ1v) is 17.9. The summed E-state index contributed by atoms with van der Waals surface area (Å²) in [7, 11) is 0. The number of para-hydroxylation sites is 1. The lowest BCUT2D eigenvalue weighted by atomic mass is 9.78. The second-order valence-electron chi connectivity index (χ2n) is 14.4. The Kier molecular flexibility index (Phi) is 6.51. The highest BCUT2D eigenvalue weighted by Crippen LogP contribution is 2.56. The fourth-order valence-corrected chi connectivity index (χ4v) is 8.88. The maximum absolute atomic E-state index is 7.00. The van der Waals surface area contributed by atoms with Crippen LogP contribution in [0.4, 0.5) is 0 Å². The van der Waals surface area contributed by atoms with E-state index in [0.29, 0.717) is 0 Å². The third kappa shape index (κ3) is 4.28. The highest BCUT2D eigenvalue weighted by Gasteiger charge is 2.40. The first-order chi connectivity index (χ1) is 25.0. The molecule has 51 heavy (non-hydrogen) atoms. The average Bonchev–Trinajstić information content (AvgIpc) is 3.65. The van der Waals surface area contributed by atoms with Crippen molar-refractivity contribution in [2.24, 2.45) is 0 Å². The predicted octanol–water partition coefficient (Wildman–Crippen LogP) is 14.1. The number of benzene rings is 7. The molecule has 0 saturated carbocycles. The Balaban J connectivity index is 1.38. The van der Waals surface area contributed by atoms with Crippen LogP contribution in [0.5, 0.6) is 0 Å². The fourth-order valence-electron chi connectivity index (χ4n) is 8.88. The smallest absolute Gasteiger partial charge is 0.144 e. The van der Waals surface area contributed by atoms with E-state index in [9.17, 15) is 0 Å². The summed E-state index contributed by atoms with van der Waals surface area (Å²) in [4.78, 5) is 0. The Hall–Kier alpha value is -6.18. The summed E-state index contributed by atoms with van der Waals surface area (Å²) in [5.41, 5.74) is 12.4. The Labute approximate surface area is 297 Å². The van der Waals surface area contributed by atoms with E-state index in [1.807, 2.05) is 0 Å². The van der Waals surface area contributed by atoms with E-state index in [2.05, 4.69) is 178 Å². The monoisotopic (exact) mass is 652 g/mol. The van der Waals surface area contributed by atoms with E-state index in [0.717, 1.165) is 39.5 Å². The lowest BCUT2D eigenvalue weighted by Gasteiger charge is -2.25. The van der Waals surface area contributed by atoms with E-state index >= 15 is 0 Å². The van der Waals surface area contributed by atoms with Crippen LogP contribution in [-0.2, 0) is 5.41 Å². The van der Waals surface area contributed by atoms with Gasteiger partial charge in [0.15, 0.2) is 0 Å². The lowest BCUT2D eigenvalue weighted by molar-refractivity contribution is 0.645. The lowest BCUT2D eigenvalue weighted by Crippen LogP contribution is -2.16. The average molecular weight is 653 g/mol. The third-order valence-corrected chi connectivity index (χ3v) is 11.2. The van der Waals surface area contributed by atoms with Gasteiger partial charge in [-0.2, -0.15) is 0 Å². The summed E-state index contributed by atoms with van der Waals surface area (Å²) in [6.45, 7) is 9.34. The van der Waals surface area contributed by atoms with E-state index in [1.54, 1.807) is 0 Å². The summed E-state index contributed by atoms with van der Waals surface area (Å²) >= 11 is 0. The molecule has 0 atom stereocenters. The zero-order chi connectivity index (χ0) is 34.3. The molecular formula is C50H36O. The van der Waals surface area contributed by atoms with Crippen molar-refractivity contribution in [3.05, 3.63) is 187 Å². The zero-order valence-electron chi connectivity index (χ0n) is 28.8. The Morgan fingerprint density at radius 3 is 1.90 bits per heavy atom. The molecule has 2 aliphatic rings. The molecule has 0 fully saturated rings. The second kappa shape index (κ2) is 11.2. The molecule has 0 aliphatic heterocycles. The van der Waals surface area contributed by atoms with Gasteiger partial charge >= 0.3 is 0 Å². The molecule has 0 N–H and O–H groups in total. The molecular weight excluding hydrogens is 617 g/mol. The van der Waals surface area contributed by atoms with Gasteiger partial charge in [-0.05, 0) is 95.4 Å². The van der Waals surface area contributed by atoms with Crippen LogP contribution < -0.4 is 0 Å². The van der Waals surface area contributed by atoms with Crippen LogP contribution in [-0.4, -0.2) is 0 Å². The van der Waals surface area contributed by atoms with Crippen LogP contribution in [0.25, 0.3) is 82.1 Å². The number of fused-ring (bicyclic) bond motifs is 9. The number of rotatable bonds is 2. The van der Waals surface area contributed by atoms with Gasteiger partial charge in [0.2, 0.25) is 0 Å². The van der Waals surface area contributed by atoms with Crippen LogP contribution in [0.2, 0.25) is 0 Å². The standard InChI is InChI=1S/C50H36O/c1-31-18-7-5-4-6-8-28-41-44(31)48-42(50(41,2)3)30-40(47-39-26-15-16-29-43(39)51-49(47)48)46-37-24-13-11-22-35(37)45(36-23-12-14-25-38(36)46)34-27-17-20-32-19-9-10-21-33(32)34/h4-5,7-30H,1,6H2,2-3H3/b5-4-,18-7-,28-8-. The molecule has 0 saturated heterocycles. The second-order valence-corrected chi connectivity index (χ2v) is 14.4. The fraction of sp³-hybridized carbons (Fsp3) is 0.0800. The maximum atomic E-state index is 7.00. The molecule has 8 aromatic rings. The topological polar surface area (TPSA) is 13.1 Å². The third-order valence-electron chi connectivity index (χ3n) is 11.2. The van der Waals surface area contributed by atoms with Crippen molar-refractivity contribution in [2.75, 3.05) is 0 Å². The van der Waals surface area contributed by atoms with Crippen LogP contribution in [0.3, 0.4) is 0 Å². The van der Waals surface area contributed by atoms with E-state index in [4.69, 9.17) is 4.42 Å². The number of hydrogen-bond donors (Lipinski definition) is 0. The normalized spacial score (nSPS) is 17.3. The maximum Gasteiger partial charge on any atom is 0.144 e. The van der Waals surface area contributed by atoms with Gasteiger partial charge in [0, 0.05) is 21.8 Å². The van der Waals surface area contributed by atoms with Gasteiger partial charge in [-0.1, -0.05) is 166 Å². The summed E-state index contributed by atoms with van der Waals surface area (Å²) in [5.74, 6) is 0. The minimum absolute atomic E-state index is 0.280. The predicted molar refractivity (Wildman–Crippen MR) is 218 cm³/mol. The van der Waals surface area contributed by atoms with Crippen molar-refractivity contribution in [2.45, 2.75) is 25.7 Å². The van der Waals surface area contributed by atoms with Gasteiger partial charge < -0.3 is 4.42 Å². The van der Waals surface area contributed by atoms with E-state index in [-0.39, 0.29) is 5.41 Å². The van der Waals surface area contributed by atoms with Crippen molar-refractivity contribution < 1.29 is 4.42 Å². The number of furan rings is 1. The zero-order valence-corrected chi connectivity index (χ0v) is 28.8. The summed E-state index contributed by atoms with van der Waals surface area (Å²) in [6, 6.07) is 44.4. The summed E-state index contributed by atoms with van der Waals surface area (Å²) in [6.07, 6.45) is 14.0. The van der Waals surface area contributed by atoms with Crippen LogP contribution in [0.15, 0.2) is 180 Å². The Morgan fingerprint density at radius 1 is 0.569 bits per heavy atom. The van der Waals surface area contributed by atoms with E-state index < -0.39 is 0 Å². The molecule has 0 bridgehead atoms. The molecule has 0 unspecified atom stereocenters. The molecule has 2 aliphatic carbocycles. The Bertz CT molecular complexity index is 2850. The molecule has 1 heterocycles. The first kappa shape index (κ1) is 29.7. The SMILES string of the molecule is C=C1/C=C\C=C/C/C=C\C2=C1c1c(cc(-c3c4ccccc4c(-c4cccc5ccccc45)c4ccccc34)c3c1oc1ccccc13)C2(C)C. The van der Waals surface area contributed by atoms with Gasteiger partial charge in [-0.3, -0.25) is 0 Å². The van der Waals surface area contributed by atoms with Crippen LogP contribution in [0, 0.1) is 0 Å². The van der Waals surface area contributed by atoms with Gasteiger partial charge in [0.1, 0.15) is 11.2 Å². The molecule has 7 aromatic carbocycles. The minimum Gasteiger partial charge on any atom is -0.455 e. The largest absolute Gasteiger partial charge is 0.455 e.